The van der Waals surface area contributed by atoms with Crippen LogP contribution in [0, 0.1) is 18.8 Å². The zero-order valence-corrected chi connectivity index (χ0v) is 8.44. The predicted octanol–water partition coefficient (Wildman–Crippen LogP) is 1.77. The maximum Gasteiger partial charge on any atom is 0.0681 e. The maximum absolute atomic E-state index is 8.88. The molecule has 0 heterocycles. The lowest BCUT2D eigenvalue weighted by atomic mass is 10.1. The molecule has 0 aliphatic heterocycles. The minimum absolute atomic E-state index is 0.0844. The van der Waals surface area contributed by atoms with Gasteiger partial charge in [0.15, 0.2) is 0 Å². The van der Waals surface area contributed by atoms with Crippen molar-refractivity contribution in [2.75, 3.05) is 5.75 Å². The third-order valence-electron chi connectivity index (χ3n) is 1.78. The molecule has 1 rings (SSSR count). The van der Waals surface area contributed by atoms with Crippen molar-refractivity contribution in [3.8, 4) is 11.8 Å². The van der Waals surface area contributed by atoms with Crippen LogP contribution < -0.4 is 0 Å². The lowest BCUT2D eigenvalue weighted by Crippen LogP contribution is -1.87. The molecule has 0 saturated heterocycles. The van der Waals surface area contributed by atoms with Crippen molar-refractivity contribution in [2.45, 2.75) is 13.5 Å². The van der Waals surface area contributed by atoms with Gasteiger partial charge in [0.25, 0.3) is 0 Å². The molecule has 0 saturated carbocycles. The SMILES string of the molecule is Cc1cc(CO)ccc1C#CCS. The van der Waals surface area contributed by atoms with Crippen LogP contribution >= 0.6 is 12.6 Å². The maximum atomic E-state index is 8.88. The minimum Gasteiger partial charge on any atom is -0.392 e. The molecule has 2 heteroatoms. The number of hydrogen-bond donors (Lipinski definition) is 2. The fraction of sp³-hybridized carbons (Fsp3) is 0.273. The molecule has 0 aliphatic carbocycles. The van der Waals surface area contributed by atoms with Gasteiger partial charge in [-0.2, -0.15) is 12.6 Å². The standard InChI is InChI=1S/C11H12OS/c1-9-7-10(8-12)4-5-11(9)3-2-6-13/h4-5,7,12-13H,6,8H2,1H3. The summed E-state index contributed by atoms with van der Waals surface area (Å²) >= 11 is 4.01. The first kappa shape index (κ1) is 10.2. The fourth-order valence-corrected chi connectivity index (χ4v) is 1.18. The average Bonchev–Trinajstić information content (AvgIpc) is 2.16. The van der Waals surface area contributed by atoms with E-state index in [4.69, 9.17) is 5.11 Å². The highest BCUT2D eigenvalue weighted by Gasteiger charge is 1.95. The molecule has 68 valence electrons. The summed E-state index contributed by atoms with van der Waals surface area (Å²) in [7, 11) is 0. The summed E-state index contributed by atoms with van der Waals surface area (Å²) in [6, 6.07) is 5.76. The zero-order chi connectivity index (χ0) is 9.68. The van der Waals surface area contributed by atoms with Crippen molar-refractivity contribution in [3.05, 3.63) is 34.9 Å². The van der Waals surface area contributed by atoms with E-state index in [0.29, 0.717) is 5.75 Å². The molecule has 0 unspecified atom stereocenters. The number of thiol groups is 1. The summed E-state index contributed by atoms with van der Waals surface area (Å²) in [5, 5.41) is 8.88. The lowest BCUT2D eigenvalue weighted by Gasteiger charge is -2.00. The molecule has 0 spiro atoms. The zero-order valence-electron chi connectivity index (χ0n) is 7.54. The third-order valence-corrected chi connectivity index (χ3v) is 1.93. The van der Waals surface area contributed by atoms with Crippen LogP contribution in [0.25, 0.3) is 0 Å². The van der Waals surface area contributed by atoms with E-state index >= 15 is 0 Å². The van der Waals surface area contributed by atoms with Crippen LogP contribution in [0.2, 0.25) is 0 Å². The fourth-order valence-electron chi connectivity index (χ4n) is 1.10. The molecule has 0 atom stereocenters. The Morgan fingerprint density at radius 3 is 2.77 bits per heavy atom. The summed E-state index contributed by atoms with van der Waals surface area (Å²) < 4.78 is 0. The lowest BCUT2D eigenvalue weighted by molar-refractivity contribution is 0.282. The Labute approximate surface area is 84.2 Å². The predicted molar refractivity (Wildman–Crippen MR) is 57.8 cm³/mol. The highest BCUT2D eigenvalue weighted by atomic mass is 32.1. The van der Waals surface area contributed by atoms with E-state index in [-0.39, 0.29) is 6.61 Å². The highest BCUT2D eigenvalue weighted by molar-refractivity contribution is 7.80. The summed E-state index contributed by atoms with van der Waals surface area (Å²) in [5.41, 5.74) is 3.03. The Morgan fingerprint density at radius 2 is 2.23 bits per heavy atom. The molecule has 1 N–H and O–H groups in total. The van der Waals surface area contributed by atoms with Crippen molar-refractivity contribution >= 4 is 12.6 Å². The van der Waals surface area contributed by atoms with Gasteiger partial charge in [0.05, 0.1) is 12.4 Å². The average molecular weight is 192 g/mol. The molecule has 1 nitrogen and oxygen atoms in total. The molecular formula is C11H12OS. The van der Waals surface area contributed by atoms with Gasteiger partial charge in [0.1, 0.15) is 0 Å². The van der Waals surface area contributed by atoms with Crippen molar-refractivity contribution in [3.63, 3.8) is 0 Å². The second kappa shape index (κ2) is 4.96. The molecule has 1 aromatic carbocycles. The van der Waals surface area contributed by atoms with Gasteiger partial charge in [-0.15, -0.1) is 0 Å². The van der Waals surface area contributed by atoms with E-state index in [9.17, 15) is 0 Å². The van der Waals surface area contributed by atoms with Crippen molar-refractivity contribution < 1.29 is 5.11 Å². The largest absolute Gasteiger partial charge is 0.392 e. The van der Waals surface area contributed by atoms with Gasteiger partial charge in [-0.3, -0.25) is 0 Å². The molecule has 1 aromatic rings. The first-order valence-corrected chi connectivity index (χ1v) is 4.71. The monoisotopic (exact) mass is 192 g/mol. The topological polar surface area (TPSA) is 20.2 Å². The van der Waals surface area contributed by atoms with Gasteiger partial charge >= 0.3 is 0 Å². The Kier molecular flexibility index (Phi) is 3.88. The van der Waals surface area contributed by atoms with Crippen molar-refractivity contribution in [2.24, 2.45) is 0 Å². The molecule has 0 radical (unpaired) electrons. The van der Waals surface area contributed by atoms with E-state index in [0.717, 1.165) is 16.7 Å². The number of hydrogen-bond acceptors (Lipinski definition) is 2. The Morgan fingerprint density at radius 1 is 1.46 bits per heavy atom. The molecule has 0 aromatic heterocycles. The summed E-state index contributed by atoms with van der Waals surface area (Å²) in [4.78, 5) is 0. The van der Waals surface area contributed by atoms with E-state index in [1.807, 2.05) is 25.1 Å². The van der Waals surface area contributed by atoms with E-state index in [1.54, 1.807) is 0 Å². The van der Waals surface area contributed by atoms with Gasteiger partial charge in [-0.25, -0.2) is 0 Å². The van der Waals surface area contributed by atoms with E-state index < -0.39 is 0 Å². The van der Waals surface area contributed by atoms with Gasteiger partial charge in [-0.1, -0.05) is 24.0 Å². The molecule has 0 bridgehead atoms. The van der Waals surface area contributed by atoms with Gasteiger partial charge in [0.2, 0.25) is 0 Å². The Balaban J connectivity index is 2.98. The summed E-state index contributed by atoms with van der Waals surface area (Å²) in [5.74, 6) is 6.47. The van der Waals surface area contributed by atoms with Crippen LogP contribution in [-0.2, 0) is 6.61 Å². The number of aryl methyl sites for hydroxylation is 1. The molecular weight excluding hydrogens is 180 g/mol. The first-order chi connectivity index (χ1) is 6.27. The van der Waals surface area contributed by atoms with Crippen LogP contribution in [-0.4, -0.2) is 10.9 Å². The number of benzene rings is 1. The molecule has 0 amide bonds. The van der Waals surface area contributed by atoms with Crippen LogP contribution in [0.3, 0.4) is 0 Å². The summed E-state index contributed by atoms with van der Waals surface area (Å²) in [6.07, 6.45) is 0. The van der Waals surface area contributed by atoms with E-state index in [2.05, 4.69) is 24.5 Å². The number of rotatable bonds is 1. The molecule has 13 heavy (non-hydrogen) atoms. The minimum atomic E-state index is 0.0844. The first-order valence-electron chi connectivity index (χ1n) is 4.08. The van der Waals surface area contributed by atoms with Crippen molar-refractivity contribution in [1.82, 2.24) is 0 Å². The normalized spacial score (nSPS) is 9.15. The Bertz CT molecular complexity index is 347. The third kappa shape index (κ3) is 2.80. The second-order valence-electron chi connectivity index (χ2n) is 2.77. The van der Waals surface area contributed by atoms with Crippen LogP contribution in [0.15, 0.2) is 18.2 Å². The summed E-state index contributed by atoms with van der Waals surface area (Å²) in [6.45, 7) is 2.07. The van der Waals surface area contributed by atoms with Crippen molar-refractivity contribution in [1.29, 1.82) is 0 Å². The smallest absolute Gasteiger partial charge is 0.0681 e. The quantitative estimate of drug-likeness (QED) is 0.513. The number of aliphatic hydroxyl groups is 1. The van der Waals surface area contributed by atoms with Gasteiger partial charge in [-0.05, 0) is 24.1 Å². The van der Waals surface area contributed by atoms with Crippen LogP contribution in [0.1, 0.15) is 16.7 Å². The highest BCUT2D eigenvalue weighted by Crippen LogP contribution is 2.09. The Hall–Kier alpha value is -0.910. The molecule has 0 aliphatic rings. The van der Waals surface area contributed by atoms with E-state index in [1.165, 1.54) is 0 Å². The van der Waals surface area contributed by atoms with Gasteiger partial charge in [0, 0.05) is 5.56 Å². The van der Waals surface area contributed by atoms with Crippen LogP contribution in [0.4, 0.5) is 0 Å². The van der Waals surface area contributed by atoms with Gasteiger partial charge < -0.3 is 5.11 Å². The van der Waals surface area contributed by atoms with Crippen LogP contribution in [0.5, 0.6) is 0 Å². The number of aliphatic hydroxyl groups excluding tert-OH is 1. The second-order valence-corrected chi connectivity index (χ2v) is 3.08. The molecule has 0 fully saturated rings.